The van der Waals surface area contributed by atoms with E-state index < -0.39 is 4.92 Å². The fraction of sp³-hybridized carbons (Fsp3) is 0.133. The van der Waals surface area contributed by atoms with E-state index in [0.717, 1.165) is 0 Å². The lowest BCUT2D eigenvalue weighted by Gasteiger charge is -2.04. The predicted molar refractivity (Wildman–Crippen MR) is 91.1 cm³/mol. The second kappa shape index (κ2) is 8.36. The Morgan fingerprint density at radius 2 is 2.04 bits per heavy atom. The topological polar surface area (TPSA) is 135 Å². The van der Waals surface area contributed by atoms with Crippen LogP contribution in [0.15, 0.2) is 56.0 Å². The number of ether oxygens (including phenoxy) is 1. The summed E-state index contributed by atoms with van der Waals surface area (Å²) < 4.78 is 9.96. The molecule has 0 bridgehead atoms. The lowest BCUT2D eigenvalue weighted by molar-refractivity contribution is -0.402. The Balaban J connectivity index is 2.12. The van der Waals surface area contributed by atoms with Crippen LogP contribution in [0, 0.1) is 10.1 Å². The van der Waals surface area contributed by atoms with Crippen molar-refractivity contribution in [2.75, 3.05) is 7.11 Å². The fourth-order valence-electron chi connectivity index (χ4n) is 1.70. The number of nitro groups is 1. The molecule has 2 rings (SSSR count). The molecule has 1 aromatic heterocycles. The van der Waals surface area contributed by atoms with Crippen LogP contribution in [0.25, 0.3) is 0 Å². The van der Waals surface area contributed by atoms with Crippen LogP contribution >= 0.6 is 0 Å². The van der Waals surface area contributed by atoms with E-state index >= 15 is 0 Å². The van der Waals surface area contributed by atoms with Gasteiger partial charge in [-0.2, -0.15) is 10.2 Å². The van der Waals surface area contributed by atoms with Gasteiger partial charge in [0.1, 0.15) is 16.4 Å². The van der Waals surface area contributed by atoms with Crippen LogP contribution in [0.2, 0.25) is 0 Å². The van der Waals surface area contributed by atoms with Crippen LogP contribution in [-0.4, -0.2) is 35.0 Å². The zero-order valence-electron chi connectivity index (χ0n) is 13.4. The Kier molecular flexibility index (Phi) is 5.96. The minimum absolute atomic E-state index is 0.0905. The van der Waals surface area contributed by atoms with Gasteiger partial charge in [0.05, 0.1) is 25.1 Å². The molecule has 10 nitrogen and oxygen atoms in total. The number of hydrogen-bond donors (Lipinski definition) is 2. The number of aliphatic imine (C=N–C) groups is 1. The van der Waals surface area contributed by atoms with Gasteiger partial charge in [-0.25, -0.2) is 4.99 Å². The van der Waals surface area contributed by atoms with Gasteiger partial charge in [0.15, 0.2) is 11.6 Å². The molecular weight excluding hydrogens is 330 g/mol. The standard InChI is InChI=1S/C15H15N5O5/c1-10(18-16-9-13-7-8-14(25-13)20(22)23)15(19-21)17-11-3-5-12(24-2)6-4-11/h3-9,21H,1-2H3,(H,17,19). The van der Waals surface area contributed by atoms with Crippen molar-refractivity contribution in [1.29, 1.82) is 0 Å². The smallest absolute Gasteiger partial charge is 0.433 e. The first-order valence-electron chi connectivity index (χ1n) is 6.98. The van der Waals surface area contributed by atoms with Gasteiger partial charge in [0.25, 0.3) is 0 Å². The minimum atomic E-state index is -0.652. The Labute approximate surface area is 142 Å². The third-order valence-electron chi connectivity index (χ3n) is 2.95. The molecule has 25 heavy (non-hydrogen) atoms. The number of hydrogen-bond acceptors (Lipinski definition) is 8. The van der Waals surface area contributed by atoms with Crippen LogP contribution in [0.4, 0.5) is 11.6 Å². The van der Waals surface area contributed by atoms with Crippen LogP contribution in [-0.2, 0) is 0 Å². The first-order chi connectivity index (χ1) is 12.0. The maximum atomic E-state index is 10.5. The quantitative estimate of drug-likeness (QED) is 0.358. The van der Waals surface area contributed by atoms with E-state index in [9.17, 15) is 15.3 Å². The highest BCUT2D eigenvalue weighted by Crippen LogP contribution is 2.18. The van der Waals surface area contributed by atoms with Gasteiger partial charge in [-0.15, -0.1) is 0 Å². The van der Waals surface area contributed by atoms with Gasteiger partial charge in [-0.3, -0.25) is 20.8 Å². The second-order valence-corrected chi connectivity index (χ2v) is 4.63. The molecule has 0 aliphatic rings. The van der Waals surface area contributed by atoms with Crippen LogP contribution < -0.4 is 10.2 Å². The average Bonchev–Trinajstić information content (AvgIpc) is 3.09. The summed E-state index contributed by atoms with van der Waals surface area (Å²) in [4.78, 5) is 14.1. The predicted octanol–water partition coefficient (Wildman–Crippen LogP) is 2.70. The Morgan fingerprint density at radius 1 is 1.32 bits per heavy atom. The lowest BCUT2D eigenvalue weighted by Crippen LogP contribution is -2.26. The van der Waals surface area contributed by atoms with Gasteiger partial charge in [-0.05, 0) is 37.3 Å². The van der Waals surface area contributed by atoms with Crippen LogP contribution in [0.1, 0.15) is 12.7 Å². The number of furan rings is 1. The van der Waals surface area contributed by atoms with Gasteiger partial charge in [-0.1, -0.05) is 0 Å². The average molecular weight is 345 g/mol. The molecule has 0 amide bonds. The zero-order valence-corrected chi connectivity index (χ0v) is 13.4. The molecule has 0 saturated carbocycles. The third kappa shape index (κ3) is 4.97. The Hall–Kier alpha value is -3.53. The summed E-state index contributed by atoms with van der Waals surface area (Å²) in [7, 11) is 1.56. The zero-order chi connectivity index (χ0) is 18.2. The highest BCUT2D eigenvalue weighted by Gasteiger charge is 2.10. The summed E-state index contributed by atoms with van der Waals surface area (Å²) in [6.45, 7) is 1.58. The summed E-state index contributed by atoms with van der Waals surface area (Å²) in [5, 5.41) is 27.3. The van der Waals surface area contributed by atoms with Gasteiger partial charge < -0.3 is 9.15 Å². The van der Waals surface area contributed by atoms with Gasteiger partial charge in [0, 0.05) is 0 Å². The number of amidine groups is 1. The summed E-state index contributed by atoms with van der Waals surface area (Å²) in [6, 6.07) is 9.46. The summed E-state index contributed by atoms with van der Waals surface area (Å²) >= 11 is 0. The van der Waals surface area contributed by atoms with E-state index in [4.69, 9.17) is 9.15 Å². The molecule has 0 saturated heterocycles. The van der Waals surface area contributed by atoms with Crippen molar-refractivity contribution in [2.45, 2.75) is 6.92 Å². The second-order valence-electron chi connectivity index (χ2n) is 4.63. The summed E-state index contributed by atoms with van der Waals surface area (Å²) in [5.41, 5.74) is 2.80. The molecule has 0 radical (unpaired) electrons. The van der Waals surface area contributed by atoms with E-state index in [1.54, 1.807) is 38.3 Å². The molecule has 1 heterocycles. The summed E-state index contributed by atoms with van der Waals surface area (Å²) in [6.07, 6.45) is 1.21. The molecule has 0 fully saturated rings. The van der Waals surface area contributed by atoms with E-state index in [0.29, 0.717) is 11.4 Å². The fourth-order valence-corrected chi connectivity index (χ4v) is 1.70. The van der Waals surface area contributed by atoms with E-state index in [1.807, 2.05) is 5.48 Å². The van der Waals surface area contributed by atoms with Crippen molar-refractivity contribution in [3.8, 4) is 5.75 Å². The number of nitrogens with zero attached hydrogens (tertiary/aromatic N) is 4. The largest absolute Gasteiger partial charge is 0.497 e. The van der Waals surface area contributed by atoms with Crippen molar-refractivity contribution in [2.24, 2.45) is 15.2 Å². The molecule has 1 aromatic carbocycles. The SMILES string of the molecule is COc1ccc(N=C(NO)C(C)=NN=Cc2ccc([N+](=O)[O-])o2)cc1. The molecule has 0 aliphatic heterocycles. The number of rotatable bonds is 6. The number of methoxy groups -OCH3 is 1. The van der Waals surface area contributed by atoms with Gasteiger partial charge in [0.2, 0.25) is 0 Å². The van der Waals surface area contributed by atoms with Crippen molar-refractivity contribution < 1.29 is 19.3 Å². The molecule has 0 unspecified atom stereocenters. The van der Waals surface area contributed by atoms with Crippen LogP contribution in [0.5, 0.6) is 5.75 Å². The number of hydroxylamine groups is 1. The molecule has 0 aliphatic carbocycles. The molecule has 10 heteroatoms. The summed E-state index contributed by atoms with van der Waals surface area (Å²) in [5.74, 6) is 0.558. The molecule has 2 aromatic rings. The Bertz CT molecular complexity index is 823. The minimum Gasteiger partial charge on any atom is -0.497 e. The normalized spacial score (nSPS) is 12.4. The Morgan fingerprint density at radius 3 is 2.60 bits per heavy atom. The highest BCUT2D eigenvalue weighted by atomic mass is 16.6. The van der Waals surface area contributed by atoms with Crippen LogP contribution in [0.3, 0.4) is 0 Å². The molecule has 2 N–H and O–H groups in total. The third-order valence-corrected chi connectivity index (χ3v) is 2.95. The van der Waals surface area contributed by atoms with Crippen molar-refractivity contribution in [3.63, 3.8) is 0 Å². The first kappa shape index (κ1) is 17.8. The molecule has 0 spiro atoms. The molecule has 130 valence electrons. The van der Waals surface area contributed by atoms with E-state index in [-0.39, 0.29) is 23.2 Å². The number of benzene rings is 1. The maximum Gasteiger partial charge on any atom is 0.433 e. The molecular formula is C15H15N5O5. The monoisotopic (exact) mass is 345 g/mol. The van der Waals surface area contributed by atoms with E-state index in [2.05, 4.69) is 15.2 Å². The highest BCUT2D eigenvalue weighted by molar-refractivity contribution is 6.40. The van der Waals surface area contributed by atoms with Gasteiger partial charge >= 0.3 is 5.88 Å². The van der Waals surface area contributed by atoms with Crippen molar-refractivity contribution >= 4 is 29.3 Å². The lowest BCUT2D eigenvalue weighted by atomic mass is 10.3. The number of nitrogens with one attached hydrogen (secondary N) is 1. The van der Waals surface area contributed by atoms with E-state index in [1.165, 1.54) is 18.3 Å². The molecule has 0 atom stereocenters. The maximum absolute atomic E-state index is 10.5. The van der Waals surface area contributed by atoms with Crippen molar-refractivity contribution in [1.82, 2.24) is 5.48 Å². The van der Waals surface area contributed by atoms with Crippen molar-refractivity contribution in [3.05, 3.63) is 52.3 Å². The first-order valence-corrected chi connectivity index (χ1v) is 6.98.